The fourth-order valence-corrected chi connectivity index (χ4v) is 2.47. The molecule has 1 unspecified atom stereocenters. The molecule has 1 aliphatic rings. The molecule has 102 valence electrons. The van der Waals surface area contributed by atoms with Crippen LogP contribution in [0.4, 0.5) is 18.9 Å². The molecule has 1 aromatic carbocycles. The highest BCUT2D eigenvalue weighted by molar-refractivity contribution is 5.82. The van der Waals surface area contributed by atoms with E-state index in [1.807, 2.05) is 0 Å². The minimum atomic E-state index is -4.79. The van der Waals surface area contributed by atoms with Crippen LogP contribution in [0, 0.1) is 0 Å². The van der Waals surface area contributed by atoms with Crippen LogP contribution in [0.3, 0.4) is 0 Å². The third-order valence-electron chi connectivity index (χ3n) is 3.37. The number of hydrogen-bond donors (Lipinski definition) is 2. The second kappa shape index (κ2) is 4.13. The average Bonchev–Trinajstić information content (AvgIpc) is 2.52. The molecular formula is C14H14F3NO. The number of nitrogens with two attached hydrogens (primary N) is 1. The number of fused-ring (bicyclic) bond motifs is 1. The number of nitrogen functional groups attached to an aromatic ring is 1. The van der Waals surface area contributed by atoms with E-state index in [9.17, 15) is 18.3 Å². The molecule has 0 aliphatic heterocycles. The minimum absolute atomic E-state index is 0.150. The molecule has 0 bridgehead atoms. The van der Waals surface area contributed by atoms with E-state index in [0.717, 1.165) is 0 Å². The first-order valence-electron chi connectivity index (χ1n) is 5.77. The lowest BCUT2D eigenvalue weighted by Gasteiger charge is -2.29. The van der Waals surface area contributed by atoms with Crippen molar-refractivity contribution in [2.24, 2.45) is 0 Å². The first-order valence-corrected chi connectivity index (χ1v) is 5.77. The fraction of sp³-hybridized carbons (Fsp3) is 0.286. The second-order valence-electron chi connectivity index (χ2n) is 4.55. The van der Waals surface area contributed by atoms with Crippen molar-refractivity contribution in [1.82, 2.24) is 0 Å². The topological polar surface area (TPSA) is 46.2 Å². The van der Waals surface area contributed by atoms with Gasteiger partial charge in [0.25, 0.3) is 0 Å². The van der Waals surface area contributed by atoms with E-state index < -0.39 is 11.8 Å². The molecule has 19 heavy (non-hydrogen) atoms. The van der Waals surface area contributed by atoms with Crippen molar-refractivity contribution in [3.8, 4) is 0 Å². The summed E-state index contributed by atoms with van der Waals surface area (Å²) in [6.07, 6.45) is -2.02. The summed E-state index contributed by atoms with van der Waals surface area (Å²) in [4.78, 5) is 0. The van der Waals surface area contributed by atoms with Crippen LogP contribution in [0.1, 0.15) is 25.0 Å². The van der Waals surface area contributed by atoms with Gasteiger partial charge in [0.1, 0.15) is 0 Å². The number of anilines is 1. The molecule has 0 fully saturated rings. The summed E-state index contributed by atoms with van der Waals surface area (Å²) < 4.78 is 40.0. The number of hydrogen-bond acceptors (Lipinski definition) is 2. The lowest BCUT2D eigenvalue weighted by Crippen LogP contribution is -2.42. The van der Waals surface area contributed by atoms with Crippen LogP contribution in [0.2, 0.25) is 0 Å². The lowest BCUT2D eigenvalue weighted by atomic mass is 9.89. The maximum Gasteiger partial charge on any atom is 0.425 e. The first-order chi connectivity index (χ1) is 8.73. The van der Waals surface area contributed by atoms with E-state index in [4.69, 9.17) is 5.73 Å². The van der Waals surface area contributed by atoms with E-state index in [1.165, 1.54) is 30.4 Å². The first kappa shape index (κ1) is 13.7. The lowest BCUT2D eigenvalue weighted by molar-refractivity contribution is -0.247. The van der Waals surface area contributed by atoms with Crippen LogP contribution in [-0.2, 0) is 5.60 Å². The smallest absolute Gasteiger partial charge is 0.399 e. The van der Waals surface area contributed by atoms with Crippen LogP contribution in [-0.4, -0.2) is 11.3 Å². The molecule has 0 saturated carbocycles. The van der Waals surface area contributed by atoms with Crippen molar-refractivity contribution in [1.29, 1.82) is 0 Å². The fourth-order valence-electron chi connectivity index (χ4n) is 2.47. The minimum Gasteiger partial charge on any atom is -0.399 e. The summed E-state index contributed by atoms with van der Waals surface area (Å²) in [6, 6.07) is 4.05. The molecule has 0 saturated heterocycles. The van der Waals surface area contributed by atoms with Gasteiger partial charge in [-0.1, -0.05) is 18.2 Å². The highest BCUT2D eigenvalue weighted by Gasteiger charge is 2.60. The molecule has 0 aromatic heterocycles. The van der Waals surface area contributed by atoms with Crippen LogP contribution in [0.5, 0.6) is 0 Å². The molecule has 1 aromatic rings. The molecule has 5 heteroatoms. The second-order valence-corrected chi connectivity index (χ2v) is 4.55. The molecule has 0 amide bonds. The maximum atomic E-state index is 13.3. The van der Waals surface area contributed by atoms with Gasteiger partial charge in [-0.25, -0.2) is 0 Å². The van der Waals surface area contributed by atoms with Gasteiger partial charge in [0.15, 0.2) is 0 Å². The SMILES string of the molecule is C/C=C\C1=C(C)c2cc(N)ccc2C1(O)C(F)(F)F. The van der Waals surface area contributed by atoms with Gasteiger partial charge in [0, 0.05) is 16.8 Å². The molecule has 2 nitrogen and oxygen atoms in total. The Labute approximate surface area is 109 Å². The Morgan fingerprint density at radius 1 is 1.32 bits per heavy atom. The van der Waals surface area contributed by atoms with Gasteiger partial charge >= 0.3 is 6.18 Å². The molecule has 3 N–H and O–H groups in total. The zero-order valence-electron chi connectivity index (χ0n) is 10.5. The van der Waals surface area contributed by atoms with Gasteiger partial charge in [0.05, 0.1) is 0 Å². The number of halogens is 3. The number of allylic oxidation sites excluding steroid dienone is 2. The zero-order chi connectivity index (χ0) is 14.4. The molecule has 1 atom stereocenters. The van der Waals surface area contributed by atoms with E-state index in [0.29, 0.717) is 16.8 Å². The van der Waals surface area contributed by atoms with Gasteiger partial charge < -0.3 is 10.8 Å². The summed E-state index contributed by atoms with van der Waals surface area (Å²) in [5.74, 6) is 0. The predicted molar refractivity (Wildman–Crippen MR) is 68.2 cm³/mol. The Bertz CT molecular complexity index is 587. The average molecular weight is 269 g/mol. The number of alkyl halides is 3. The summed E-state index contributed by atoms with van der Waals surface area (Å²) in [5, 5.41) is 10.3. The summed E-state index contributed by atoms with van der Waals surface area (Å²) >= 11 is 0. The van der Waals surface area contributed by atoms with Crippen molar-refractivity contribution in [2.45, 2.75) is 25.6 Å². The zero-order valence-corrected chi connectivity index (χ0v) is 10.5. The molecule has 1 aliphatic carbocycles. The Kier molecular flexibility index (Phi) is 2.97. The van der Waals surface area contributed by atoms with Gasteiger partial charge in [-0.2, -0.15) is 13.2 Å². The normalized spacial score (nSPS) is 23.3. The molecule has 0 spiro atoms. The van der Waals surface area contributed by atoms with E-state index >= 15 is 0 Å². The highest BCUT2D eigenvalue weighted by Crippen LogP contribution is 2.53. The van der Waals surface area contributed by atoms with Crippen LogP contribution in [0.15, 0.2) is 35.9 Å². The number of aliphatic hydroxyl groups is 1. The van der Waals surface area contributed by atoms with E-state index in [-0.39, 0.29) is 11.1 Å². The third kappa shape index (κ3) is 1.76. The van der Waals surface area contributed by atoms with Gasteiger partial charge in [-0.15, -0.1) is 0 Å². The molecular weight excluding hydrogens is 255 g/mol. The quantitative estimate of drug-likeness (QED) is 0.768. The van der Waals surface area contributed by atoms with Crippen molar-refractivity contribution in [3.63, 3.8) is 0 Å². The van der Waals surface area contributed by atoms with Crippen LogP contribution >= 0.6 is 0 Å². The summed E-state index contributed by atoms with van der Waals surface area (Å²) in [7, 11) is 0. The van der Waals surface area contributed by atoms with Crippen molar-refractivity contribution < 1.29 is 18.3 Å². The predicted octanol–water partition coefficient (Wildman–Crippen LogP) is 3.38. The standard InChI is InChI=1S/C14H14F3NO/c1-3-4-11-8(2)10-7-9(18)5-6-12(10)13(11,19)14(15,16)17/h3-7,19H,18H2,1-2H3/b4-3-. The van der Waals surface area contributed by atoms with Crippen molar-refractivity contribution in [3.05, 3.63) is 47.1 Å². The van der Waals surface area contributed by atoms with Crippen LogP contribution < -0.4 is 5.73 Å². The summed E-state index contributed by atoms with van der Waals surface area (Å²) in [5.41, 5.74) is 3.42. The van der Waals surface area contributed by atoms with E-state index in [2.05, 4.69) is 0 Å². The number of benzene rings is 1. The van der Waals surface area contributed by atoms with Crippen molar-refractivity contribution in [2.75, 3.05) is 5.73 Å². The highest BCUT2D eigenvalue weighted by atomic mass is 19.4. The monoisotopic (exact) mass is 269 g/mol. The van der Waals surface area contributed by atoms with E-state index in [1.54, 1.807) is 13.8 Å². The van der Waals surface area contributed by atoms with Gasteiger partial charge in [0.2, 0.25) is 5.60 Å². The van der Waals surface area contributed by atoms with Crippen molar-refractivity contribution >= 4 is 11.3 Å². The van der Waals surface area contributed by atoms with Crippen LogP contribution in [0.25, 0.3) is 5.57 Å². The summed E-state index contributed by atoms with van der Waals surface area (Å²) in [6.45, 7) is 3.16. The third-order valence-corrected chi connectivity index (χ3v) is 3.37. The van der Waals surface area contributed by atoms with Gasteiger partial charge in [-0.3, -0.25) is 0 Å². The van der Waals surface area contributed by atoms with Gasteiger partial charge in [-0.05, 0) is 37.1 Å². The molecule has 2 rings (SSSR count). The Balaban J connectivity index is 2.81. The Hall–Kier alpha value is -1.75. The number of rotatable bonds is 1. The Morgan fingerprint density at radius 2 is 1.95 bits per heavy atom. The largest absolute Gasteiger partial charge is 0.425 e. The maximum absolute atomic E-state index is 13.3. The molecule has 0 radical (unpaired) electrons. The molecule has 0 heterocycles. The Morgan fingerprint density at radius 3 is 2.47 bits per heavy atom.